The number of carbonyl (C=O) groups is 1. The van der Waals surface area contributed by atoms with Crippen LogP contribution in [0.5, 0.6) is 0 Å². The zero-order valence-electron chi connectivity index (χ0n) is 13.6. The molecule has 0 bridgehead atoms. The lowest BCUT2D eigenvalue weighted by atomic mass is 10.2. The van der Waals surface area contributed by atoms with E-state index < -0.39 is 0 Å². The molecule has 3 heterocycles. The zero-order valence-corrected chi connectivity index (χ0v) is 15.2. The summed E-state index contributed by atoms with van der Waals surface area (Å²) in [5, 5.41) is 11.0. The lowest BCUT2D eigenvalue weighted by Crippen LogP contribution is -2.31. The molecule has 1 aromatic carbocycles. The molecule has 4 rings (SSSR count). The third-order valence-electron chi connectivity index (χ3n) is 4.32. The van der Waals surface area contributed by atoms with Crippen LogP contribution < -0.4 is 0 Å². The number of nitrogens with zero attached hydrogens (tertiary/aromatic N) is 4. The molecule has 2 aromatic heterocycles. The van der Waals surface area contributed by atoms with Crippen LogP contribution in [0.4, 0.5) is 0 Å². The van der Waals surface area contributed by atoms with Crippen molar-refractivity contribution in [1.29, 1.82) is 0 Å². The number of carbonyl (C=O) groups excluding carboxylic acids is 1. The molecule has 1 fully saturated rings. The third kappa shape index (κ3) is 3.48. The SMILES string of the molecule is O=C(CSc1nncn1-c1ccccc1)N1CCCC1c1cccs1. The summed E-state index contributed by atoms with van der Waals surface area (Å²) in [6.45, 7) is 0.841. The first kappa shape index (κ1) is 16.4. The molecule has 25 heavy (non-hydrogen) atoms. The maximum Gasteiger partial charge on any atom is 0.233 e. The number of amides is 1. The van der Waals surface area contributed by atoms with Crippen LogP contribution in [0.15, 0.2) is 59.3 Å². The zero-order chi connectivity index (χ0) is 17.1. The Bertz CT molecular complexity index is 832. The van der Waals surface area contributed by atoms with Crippen molar-refractivity contribution in [2.24, 2.45) is 0 Å². The smallest absolute Gasteiger partial charge is 0.233 e. The van der Waals surface area contributed by atoms with Crippen LogP contribution in [-0.2, 0) is 4.79 Å². The van der Waals surface area contributed by atoms with Gasteiger partial charge in [0, 0.05) is 17.1 Å². The third-order valence-corrected chi connectivity index (χ3v) is 6.22. The van der Waals surface area contributed by atoms with Crippen molar-refractivity contribution in [2.45, 2.75) is 24.0 Å². The van der Waals surface area contributed by atoms with Crippen LogP contribution in [-0.4, -0.2) is 37.9 Å². The normalized spacial score (nSPS) is 17.1. The fourth-order valence-corrected chi connectivity index (χ4v) is 4.83. The number of benzene rings is 1. The Kier molecular flexibility index (Phi) is 4.85. The minimum atomic E-state index is 0.170. The molecule has 1 aliphatic rings. The molecule has 0 N–H and O–H groups in total. The van der Waals surface area contributed by atoms with Crippen molar-refractivity contribution >= 4 is 29.0 Å². The van der Waals surface area contributed by atoms with Gasteiger partial charge in [0.2, 0.25) is 5.91 Å². The van der Waals surface area contributed by atoms with Gasteiger partial charge in [0.25, 0.3) is 0 Å². The number of hydrogen-bond acceptors (Lipinski definition) is 5. The number of aromatic nitrogens is 3. The second-order valence-corrected chi connectivity index (χ2v) is 7.79. The molecule has 7 heteroatoms. The standard InChI is InChI=1S/C18H18N4OS2/c23-17(21-10-4-8-15(21)16-9-5-11-24-16)12-25-18-20-19-13-22(18)14-6-2-1-3-7-14/h1-3,5-7,9,11,13,15H,4,8,10,12H2. The van der Waals surface area contributed by atoms with Gasteiger partial charge in [-0.15, -0.1) is 21.5 Å². The highest BCUT2D eigenvalue weighted by molar-refractivity contribution is 7.99. The second kappa shape index (κ2) is 7.41. The van der Waals surface area contributed by atoms with Crippen molar-refractivity contribution in [3.63, 3.8) is 0 Å². The first-order valence-corrected chi connectivity index (χ1v) is 10.1. The summed E-state index contributed by atoms with van der Waals surface area (Å²) in [7, 11) is 0. The van der Waals surface area contributed by atoms with E-state index in [1.165, 1.54) is 16.6 Å². The minimum Gasteiger partial charge on any atom is -0.334 e. The number of para-hydroxylation sites is 1. The van der Waals surface area contributed by atoms with E-state index >= 15 is 0 Å². The average Bonchev–Trinajstić information content (AvgIpc) is 3.41. The molecule has 1 amide bonds. The van der Waals surface area contributed by atoms with Gasteiger partial charge >= 0.3 is 0 Å². The topological polar surface area (TPSA) is 51.0 Å². The summed E-state index contributed by atoms with van der Waals surface area (Å²) in [4.78, 5) is 16.0. The van der Waals surface area contributed by atoms with Gasteiger partial charge in [0.1, 0.15) is 6.33 Å². The minimum absolute atomic E-state index is 0.170. The summed E-state index contributed by atoms with van der Waals surface area (Å²) < 4.78 is 1.92. The second-order valence-electron chi connectivity index (χ2n) is 5.87. The van der Waals surface area contributed by atoms with Gasteiger partial charge < -0.3 is 4.90 Å². The van der Waals surface area contributed by atoms with E-state index in [0.29, 0.717) is 5.75 Å². The number of hydrogen-bond donors (Lipinski definition) is 0. The molecule has 0 aliphatic carbocycles. The largest absolute Gasteiger partial charge is 0.334 e. The van der Waals surface area contributed by atoms with Crippen molar-refractivity contribution in [3.8, 4) is 5.69 Å². The van der Waals surface area contributed by atoms with Crippen molar-refractivity contribution in [1.82, 2.24) is 19.7 Å². The van der Waals surface area contributed by atoms with Gasteiger partial charge in [-0.2, -0.15) is 0 Å². The quantitative estimate of drug-likeness (QED) is 0.641. The fraction of sp³-hybridized carbons (Fsp3) is 0.278. The Morgan fingerprint density at radius 2 is 2.12 bits per heavy atom. The molecule has 3 aromatic rings. The highest BCUT2D eigenvalue weighted by Crippen LogP contribution is 2.35. The van der Waals surface area contributed by atoms with Crippen LogP contribution >= 0.6 is 23.1 Å². The molecule has 1 aliphatic heterocycles. The molecule has 1 atom stereocenters. The Hall–Kier alpha value is -2.12. The molecule has 5 nitrogen and oxygen atoms in total. The maximum atomic E-state index is 12.7. The van der Waals surface area contributed by atoms with Crippen LogP contribution in [0.3, 0.4) is 0 Å². The summed E-state index contributed by atoms with van der Waals surface area (Å²) >= 11 is 3.17. The Balaban J connectivity index is 1.44. The van der Waals surface area contributed by atoms with Crippen LogP contribution in [0.25, 0.3) is 5.69 Å². The number of rotatable bonds is 5. The Morgan fingerprint density at radius 1 is 1.24 bits per heavy atom. The van der Waals surface area contributed by atoms with Crippen LogP contribution in [0.1, 0.15) is 23.8 Å². The number of thiophene rings is 1. The fourth-order valence-electron chi connectivity index (χ4n) is 3.14. The lowest BCUT2D eigenvalue weighted by molar-refractivity contribution is -0.129. The molecule has 1 unspecified atom stereocenters. The van der Waals surface area contributed by atoms with E-state index in [1.54, 1.807) is 17.7 Å². The first-order valence-electron chi connectivity index (χ1n) is 8.24. The Morgan fingerprint density at radius 3 is 2.92 bits per heavy atom. The number of likely N-dealkylation sites (tertiary alicyclic amines) is 1. The maximum absolute atomic E-state index is 12.7. The van der Waals surface area contributed by atoms with E-state index in [0.717, 1.165) is 30.2 Å². The molecular weight excluding hydrogens is 352 g/mol. The monoisotopic (exact) mass is 370 g/mol. The van der Waals surface area contributed by atoms with Crippen LogP contribution in [0.2, 0.25) is 0 Å². The summed E-state index contributed by atoms with van der Waals surface area (Å²) in [6, 6.07) is 14.3. The van der Waals surface area contributed by atoms with E-state index in [4.69, 9.17) is 0 Å². The van der Waals surface area contributed by atoms with Crippen molar-refractivity contribution < 1.29 is 4.79 Å². The van der Waals surface area contributed by atoms with Gasteiger partial charge in [0.05, 0.1) is 11.8 Å². The molecule has 1 saturated heterocycles. The van der Waals surface area contributed by atoms with Gasteiger partial charge in [-0.3, -0.25) is 9.36 Å². The van der Waals surface area contributed by atoms with Crippen LogP contribution in [0, 0.1) is 0 Å². The number of thioether (sulfide) groups is 1. The van der Waals surface area contributed by atoms with Crippen molar-refractivity contribution in [2.75, 3.05) is 12.3 Å². The highest BCUT2D eigenvalue weighted by Gasteiger charge is 2.30. The molecular formula is C18H18N4OS2. The average molecular weight is 371 g/mol. The molecule has 0 saturated carbocycles. The van der Waals surface area contributed by atoms with Gasteiger partial charge in [0.15, 0.2) is 5.16 Å². The highest BCUT2D eigenvalue weighted by atomic mass is 32.2. The van der Waals surface area contributed by atoms with Gasteiger partial charge in [-0.1, -0.05) is 36.0 Å². The molecule has 0 radical (unpaired) electrons. The molecule has 0 spiro atoms. The summed E-state index contributed by atoms with van der Waals surface area (Å²) in [6.07, 6.45) is 3.81. The first-order chi connectivity index (χ1) is 12.3. The van der Waals surface area contributed by atoms with E-state index in [-0.39, 0.29) is 11.9 Å². The molecule has 128 valence electrons. The predicted octanol–water partition coefficient (Wildman–Crippen LogP) is 3.78. The van der Waals surface area contributed by atoms with E-state index in [9.17, 15) is 4.79 Å². The Labute approximate surface area is 154 Å². The summed E-state index contributed by atoms with van der Waals surface area (Å²) in [5.41, 5.74) is 1.00. The van der Waals surface area contributed by atoms with E-state index in [1.807, 2.05) is 39.8 Å². The van der Waals surface area contributed by atoms with Gasteiger partial charge in [-0.25, -0.2) is 0 Å². The van der Waals surface area contributed by atoms with Gasteiger partial charge in [-0.05, 0) is 36.4 Å². The summed E-state index contributed by atoms with van der Waals surface area (Å²) in [5.74, 6) is 0.552. The predicted molar refractivity (Wildman–Crippen MR) is 100 cm³/mol. The van der Waals surface area contributed by atoms with E-state index in [2.05, 4.69) is 27.7 Å². The van der Waals surface area contributed by atoms with Crippen molar-refractivity contribution in [3.05, 3.63) is 59.0 Å². The lowest BCUT2D eigenvalue weighted by Gasteiger charge is -2.23.